The maximum Gasteiger partial charge on any atom is 0.270 e. The molecule has 0 spiro atoms. The Morgan fingerprint density at radius 2 is 2.03 bits per heavy atom. The van der Waals surface area contributed by atoms with Gasteiger partial charge < -0.3 is 5.32 Å². The molecule has 1 aromatic heterocycles. The van der Waals surface area contributed by atoms with Crippen LogP contribution in [0, 0.1) is 21.4 Å². The van der Waals surface area contributed by atoms with Gasteiger partial charge in [0.2, 0.25) is 11.0 Å². The number of ketones is 1. The lowest BCUT2D eigenvalue weighted by Gasteiger charge is -2.22. The Hall–Kier alpha value is -2.33. The van der Waals surface area contributed by atoms with Gasteiger partial charge in [0.25, 0.3) is 5.69 Å². The van der Waals surface area contributed by atoms with Crippen LogP contribution in [-0.4, -0.2) is 32.6 Å². The van der Waals surface area contributed by atoms with E-state index in [1.807, 2.05) is 6.92 Å². The zero-order valence-corrected chi connectivity index (χ0v) is 18.4. The van der Waals surface area contributed by atoms with Crippen LogP contribution in [0.25, 0.3) is 0 Å². The average molecular weight is 437 g/mol. The van der Waals surface area contributed by atoms with Gasteiger partial charge in [0.1, 0.15) is 0 Å². The average Bonchev–Trinajstić information content (AvgIpc) is 3.05. The van der Waals surface area contributed by atoms with E-state index >= 15 is 0 Å². The first kappa shape index (κ1) is 23.0. The topological polar surface area (TPSA) is 115 Å². The predicted molar refractivity (Wildman–Crippen MR) is 115 cm³/mol. The van der Waals surface area contributed by atoms with Crippen LogP contribution in [-0.2, 0) is 4.79 Å². The Labute approximate surface area is 177 Å². The number of hydrogen-bond donors (Lipinski definition) is 1. The van der Waals surface area contributed by atoms with Crippen molar-refractivity contribution in [2.45, 2.75) is 44.9 Å². The van der Waals surface area contributed by atoms with Crippen molar-refractivity contribution in [3.05, 3.63) is 39.9 Å². The SMILES string of the molecule is CC(CC(=O)Nc1nnc(SCC(=O)c2cccc([N+](=O)[O-])c2)s1)CC(C)(C)C. The first-order valence-corrected chi connectivity index (χ1v) is 10.9. The summed E-state index contributed by atoms with van der Waals surface area (Å²) in [7, 11) is 0. The van der Waals surface area contributed by atoms with E-state index in [0.717, 1.165) is 6.42 Å². The summed E-state index contributed by atoms with van der Waals surface area (Å²) in [6, 6.07) is 5.62. The lowest BCUT2D eigenvalue weighted by Crippen LogP contribution is -2.18. The molecule has 0 aliphatic rings. The summed E-state index contributed by atoms with van der Waals surface area (Å²) in [5.74, 6) is -0.0197. The van der Waals surface area contributed by atoms with Gasteiger partial charge in [-0.2, -0.15) is 0 Å². The molecule has 0 saturated carbocycles. The van der Waals surface area contributed by atoms with E-state index in [1.165, 1.54) is 41.3 Å². The van der Waals surface area contributed by atoms with Crippen molar-refractivity contribution in [3.63, 3.8) is 0 Å². The Balaban J connectivity index is 1.85. The molecular formula is C19H24N4O4S2. The number of nitrogens with one attached hydrogen (secondary N) is 1. The summed E-state index contributed by atoms with van der Waals surface area (Å²) in [6.45, 7) is 8.48. The summed E-state index contributed by atoms with van der Waals surface area (Å²) in [4.78, 5) is 34.7. The Bertz CT molecular complexity index is 892. The first-order chi connectivity index (χ1) is 13.5. The standard InChI is InChI=1S/C19H24N4O4S2/c1-12(10-19(2,3)4)8-16(25)20-17-21-22-18(29-17)28-11-15(24)13-6-5-7-14(9-13)23(26)27/h5-7,9,12H,8,10-11H2,1-4H3,(H,20,21,25). The third kappa shape index (κ3) is 7.90. The van der Waals surface area contributed by atoms with Gasteiger partial charge in [0.15, 0.2) is 10.1 Å². The minimum atomic E-state index is -0.536. The maximum absolute atomic E-state index is 12.3. The molecule has 1 aromatic carbocycles. The molecule has 0 fully saturated rings. The molecule has 2 rings (SSSR count). The molecule has 1 atom stereocenters. The first-order valence-electron chi connectivity index (χ1n) is 9.07. The normalized spacial score (nSPS) is 12.4. The molecule has 29 heavy (non-hydrogen) atoms. The number of benzene rings is 1. The molecular weight excluding hydrogens is 412 g/mol. The molecule has 2 aromatic rings. The van der Waals surface area contributed by atoms with Crippen LogP contribution in [0.4, 0.5) is 10.8 Å². The number of carbonyl (C=O) groups excluding carboxylic acids is 2. The van der Waals surface area contributed by atoms with Gasteiger partial charge in [-0.3, -0.25) is 19.7 Å². The second-order valence-electron chi connectivity index (χ2n) is 8.01. The van der Waals surface area contributed by atoms with E-state index in [9.17, 15) is 19.7 Å². The number of nitro groups is 1. The quantitative estimate of drug-likeness (QED) is 0.197. The summed E-state index contributed by atoms with van der Waals surface area (Å²) in [5, 5.41) is 21.9. The predicted octanol–water partition coefficient (Wildman–Crippen LogP) is 4.82. The summed E-state index contributed by atoms with van der Waals surface area (Å²) in [6.07, 6.45) is 1.35. The fourth-order valence-corrected chi connectivity index (χ4v) is 4.59. The number of rotatable bonds is 9. The van der Waals surface area contributed by atoms with E-state index in [0.29, 0.717) is 15.9 Å². The second-order valence-corrected chi connectivity index (χ2v) is 10.2. The number of carbonyl (C=O) groups is 2. The van der Waals surface area contributed by atoms with Gasteiger partial charge >= 0.3 is 0 Å². The zero-order chi connectivity index (χ0) is 21.6. The Kier molecular flexibility index (Phi) is 7.86. The molecule has 0 aliphatic heterocycles. The van der Waals surface area contributed by atoms with Crippen molar-refractivity contribution in [2.24, 2.45) is 11.3 Å². The highest BCUT2D eigenvalue weighted by atomic mass is 32.2. The van der Waals surface area contributed by atoms with Crippen molar-refractivity contribution in [3.8, 4) is 0 Å². The van der Waals surface area contributed by atoms with Gasteiger partial charge in [-0.1, -0.05) is 62.9 Å². The summed E-state index contributed by atoms with van der Waals surface area (Å²) >= 11 is 2.38. The highest BCUT2D eigenvalue weighted by Crippen LogP contribution is 2.28. The van der Waals surface area contributed by atoms with Crippen LogP contribution >= 0.6 is 23.1 Å². The lowest BCUT2D eigenvalue weighted by molar-refractivity contribution is -0.384. The van der Waals surface area contributed by atoms with E-state index in [-0.39, 0.29) is 40.0 Å². The monoisotopic (exact) mass is 436 g/mol. The van der Waals surface area contributed by atoms with Crippen molar-refractivity contribution in [1.82, 2.24) is 10.2 Å². The zero-order valence-electron chi connectivity index (χ0n) is 16.8. The van der Waals surface area contributed by atoms with Crippen LogP contribution in [0.3, 0.4) is 0 Å². The van der Waals surface area contributed by atoms with Crippen LogP contribution in [0.1, 0.15) is 50.9 Å². The van der Waals surface area contributed by atoms with Crippen LogP contribution in [0.15, 0.2) is 28.6 Å². The molecule has 0 radical (unpaired) electrons. The number of nitrogens with zero attached hydrogens (tertiary/aromatic N) is 3. The number of hydrogen-bond acceptors (Lipinski definition) is 8. The maximum atomic E-state index is 12.3. The van der Waals surface area contributed by atoms with Crippen LogP contribution in [0.5, 0.6) is 0 Å². The molecule has 10 heteroatoms. The molecule has 8 nitrogen and oxygen atoms in total. The smallest absolute Gasteiger partial charge is 0.270 e. The van der Waals surface area contributed by atoms with Crippen molar-refractivity contribution in [2.75, 3.05) is 11.1 Å². The third-order valence-electron chi connectivity index (χ3n) is 3.85. The van der Waals surface area contributed by atoms with Gasteiger partial charge in [-0.15, -0.1) is 10.2 Å². The number of Topliss-reactive ketones (excluding diaryl/α,β-unsaturated/α-hetero) is 1. The lowest BCUT2D eigenvalue weighted by atomic mass is 9.84. The minimum Gasteiger partial charge on any atom is -0.300 e. The summed E-state index contributed by atoms with van der Waals surface area (Å²) < 4.78 is 0.543. The molecule has 1 N–H and O–H groups in total. The van der Waals surface area contributed by atoms with E-state index in [2.05, 4.69) is 36.3 Å². The number of nitro benzene ring substituents is 1. The minimum absolute atomic E-state index is 0.0758. The second kappa shape index (κ2) is 9.93. The van der Waals surface area contributed by atoms with Crippen molar-refractivity contribution < 1.29 is 14.5 Å². The largest absolute Gasteiger partial charge is 0.300 e. The fourth-order valence-electron chi connectivity index (χ4n) is 2.93. The number of thioether (sulfide) groups is 1. The molecule has 156 valence electrons. The number of aromatic nitrogens is 2. The van der Waals surface area contributed by atoms with Gasteiger partial charge in [0.05, 0.1) is 10.7 Å². The molecule has 1 heterocycles. The molecule has 0 saturated heterocycles. The van der Waals surface area contributed by atoms with Crippen molar-refractivity contribution in [1.29, 1.82) is 0 Å². The highest BCUT2D eigenvalue weighted by Gasteiger charge is 2.19. The molecule has 1 unspecified atom stereocenters. The van der Waals surface area contributed by atoms with Gasteiger partial charge in [-0.25, -0.2) is 0 Å². The molecule has 0 aliphatic carbocycles. The van der Waals surface area contributed by atoms with Crippen molar-refractivity contribution >= 4 is 45.6 Å². The number of anilines is 1. The van der Waals surface area contributed by atoms with E-state index in [1.54, 1.807) is 6.07 Å². The fraction of sp³-hybridized carbons (Fsp3) is 0.474. The van der Waals surface area contributed by atoms with Crippen LogP contribution in [0.2, 0.25) is 0 Å². The summed E-state index contributed by atoms with van der Waals surface area (Å²) in [5.41, 5.74) is 0.317. The van der Waals surface area contributed by atoms with Crippen LogP contribution < -0.4 is 5.32 Å². The highest BCUT2D eigenvalue weighted by molar-refractivity contribution is 8.01. The van der Waals surface area contributed by atoms with Gasteiger partial charge in [0, 0.05) is 24.1 Å². The molecule has 0 bridgehead atoms. The number of amides is 1. The Morgan fingerprint density at radius 1 is 1.31 bits per heavy atom. The Morgan fingerprint density at radius 3 is 2.69 bits per heavy atom. The van der Waals surface area contributed by atoms with E-state index in [4.69, 9.17) is 0 Å². The third-order valence-corrected chi connectivity index (χ3v) is 5.83. The van der Waals surface area contributed by atoms with Gasteiger partial charge in [-0.05, 0) is 17.8 Å². The molecule has 1 amide bonds. The van der Waals surface area contributed by atoms with E-state index < -0.39 is 4.92 Å². The number of non-ortho nitro benzene ring substituents is 1.